The number of benzene rings is 2. The van der Waals surface area contributed by atoms with Crippen molar-refractivity contribution in [1.82, 2.24) is 0 Å². The summed E-state index contributed by atoms with van der Waals surface area (Å²) in [7, 11) is 0. The zero-order valence-electron chi connectivity index (χ0n) is 15.3. The van der Waals surface area contributed by atoms with Crippen molar-refractivity contribution in [3.8, 4) is 22.6 Å². The zero-order valence-corrected chi connectivity index (χ0v) is 15.3. The molecule has 128 valence electrons. The molecule has 0 aliphatic carbocycles. The van der Waals surface area contributed by atoms with E-state index in [0.29, 0.717) is 5.75 Å². The third-order valence-corrected chi connectivity index (χ3v) is 3.29. The Bertz CT molecular complexity index is 684. The third-order valence-electron chi connectivity index (χ3n) is 3.29. The van der Waals surface area contributed by atoms with Gasteiger partial charge < -0.3 is 9.47 Å². The summed E-state index contributed by atoms with van der Waals surface area (Å²) >= 11 is 0. The Kier molecular flexibility index (Phi) is 5.02. The SMILES string of the molecule is CC(C)(C)Oc1ccc(-c2ccc(OC(=O)C(C)(C)C)cc2)cc1. The van der Waals surface area contributed by atoms with Crippen LogP contribution in [-0.2, 0) is 4.79 Å². The second kappa shape index (κ2) is 6.68. The van der Waals surface area contributed by atoms with Gasteiger partial charge in [0.15, 0.2) is 0 Å². The Hall–Kier alpha value is -2.29. The first-order chi connectivity index (χ1) is 11.0. The van der Waals surface area contributed by atoms with E-state index in [1.807, 2.05) is 90.1 Å². The topological polar surface area (TPSA) is 35.5 Å². The van der Waals surface area contributed by atoms with Gasteiger partial charge in [0.05, 0.1) is 5.41 Å². The van der Waals surface area contributed by atoms with Crippen LogP contribution in [-0.4, -0.2) is 11.6 Å². The Labute approximate surface area is 144 Å². The first-order valence-electron chi connectivity index (χ1n) is 8.16. The third kappa shape index (κ3) is 5.12. The van der Waals surface area contributed by atoms with Crippen LogP contribution in [0.15, 0.2) is 48.5 Å². The van der Waals surface area contributed by atoms with Gasteiger partial charge in [-0.05, 0) is 76.9 Å². The summed E-state index contributed by atoms with van der Waals surface area (Å²) in [5.41, 5.74) is 1.43. The molecule has 0 atom stereocenters. The molecule has 0 fully saturated rings. The predicted octanol–water partition coefficient (Wildman–Crippen LogP) is 5.48. The molecule has 0 aromatic heterocycles. The zero-order chi connectivity index (χ0) is 18.0. The summed E-state index contributed by atoms with van der Waals surface area (Å²) < 4.78 is 11.2. The minimum Gasteiger partial charge on any atom is -0.488 e. The molecule has 2 aromatic carbocycles. The average molecular weight is 326 g/mol. The van der Waals surface area contributed by atoms with Gasteiger partial charge in [-0.2, -0.15) is 0 Å². The van der Waals surface area contributed by atoms with Crippen LogP contribution < -0.4 is 9.47 Å². The second-order valence-electron chi connectivity index (χ2n) is 7.90. The summed E-state index contributed by atoms with van der Waals surface area (Å²) in [6.45, 7) is 11.6. The van der Waals surface area contributed by atoms with E-state index < -0.39 is 5.41 Å². The summed E-state index contributed by atoms with van der Waals surface area (Å²) in [5, 5.41) is 0. The molecule has 2 rings (SSSR count). The Balaban J connectivity index is 2.09. The molecule has 0 saturated heterocycles. The van der Waals surface area contributed by atoms with Gasteiger partial charge >= 0.3 is 5.97 Å². The Morgan fingerprint density at radius 3 is 1.50 bits per heavy atom. The van der Waals surface area contributed by atoms with Gasteiger partial charge in [-0.25, -0.2) is 0 Å². The largest absolute Gasteiger partial charge is 0.488 e. The number of rotatable bonds is 3. The molecule has 3 heteroatoms. The molecule has 0 amide bonds. The van der Waals surface area contributed by atoms with Crippen molar-refractivity contribution in [1.29, 1.82) is 0 Å². The lowest BCUT2D eigenvalue weighted by atomic mass is 9.97. The van der Waals surface area contributed by atoms with E-state index in [9.17, 15) is 4.79 Å². The van der Waals surface area contributed by atoms with Crippen molar-refractivity contribution >= 4 is 5.97 Å². The van der Waals surface area contributed by atoms with E-state index in [-0.39, 0.29) is 11.6 Å². The fraction of sp³-hybridized carbons (Fsp3) is 0.381. The van der Waals surface area contributed by atoms with Gasteiger partial charge in [-0.15, -0.1) is 0 Å². The van der Waals surface area contributed by atoms with E-state index in [1.54, 1.807) is 0 Å². The molecule has 0 aliphatic rings. The van der Waals surface area contributed by atoms with Crippen LogP contribution in [0.4, 0.5) is 0 Å². The van der Waals surface area contributed by atoms with E-state index in [1.165, 1.54) is 0 Å². The molecule has 0 spiro atoms. The van der Waals surface area contributed by atoms with Crippen LogP contribution >= 0.6 is 0 Å². The maximum atomic E-state index is 11.9. The highest BCUT2D eigenvalue weighted by atomic mass is 16.5. The molecule has 0 aliphatic heterocycles. The fourth-order valence-electron chi connectivity index (χ4n) is 2.04. The van der Waals surface area contributed by atoms with Gasteiger partial charge in [-0.1, -0.05) is 24.3 Å². The van der Waals surface area contributed by atoms with Crippen molar-refractivity contribution in [2.75, 3.05) is 0 Å². The average Bonchev–Trinajstić information content (AvgIpc) is 2.46. The van der Waals surface area contributed by atoms with Gasteiger partial charge in [0.25, 0.3) is 0 Å². The van der Waals surface area contributed by atoms with E-state index in [0.717, 1.165) is 16.9 Å². The number of hydrogen-bond donors (Lipinski definition) is 0. The number of carbonyl (C=O) groups is 1. The van der Waals surface area contributed by atoms with E-state index in [2.05, 4.69) is 0 Å². The molecule has 0 bridgehead atoms. The van der Waals surface area contributed by atoms with Crippen molar-refractivity contribution in [2.24, 2.45) is 5.41 Å². The minimum atomic E-state index is -0.512. The first-order valence-corrected chi connectivity index (χ1v) is 8.16. The molecule has 0 saturated carbocycles. The van der Waals surface area contributed by atoms with Crippen molar-refractivity contribution in [2.45, 2.75) is 47.1 Å². The highest BCUT2D eigenvalue weighted by molar-refractivity contribution is 5.78. The second-order valence-corrected chi connectivity index (χ2v) is 7.90. The number of hydrogen-bond acceptors (Lipinski definition) is 3. The maximum absolute atomic E-state index is 11.9. The molecule has 0 heterocycles. The first kappa shape index (κ1) is 18.1. The van der Waals surface area contributed by atoms with Gasteiger partial charge in [0, 0.05) is 0 Å². The maximum Gasteiger partial charge on any atom is 0.316 e. The summed E-state index contributed by atoms with van der Waals surface area (Å²) in [5.74, 6) is 1.17. The van der Waals surface area contributed by atoms with Gasteiger partial charge in [0.1, 0.15) is 17.1 Å². The van der Waals surface area contributed by atoms with Crippen molar-refractivity contribution in [3.63, 3.8) is 0 Å². The van der Waals surface area contributed by atoms with Crippen LogP contribution in [0, 0.1) is 5.41 Å². The molecule has 0 unspecified atom stereocenters. The lowest BCUT2D eigenvalue weighted by molar-refractivity contribution is -0.142. The summed E-state index contributed by atoms with van der Waals surface area (Å²) in [6.07, 6.45) is 0. The monoisotopic (exact) mass is 326 g/mol. The minimum absolute atomic E-state index is 0.208. The number of carbonyl (C=O) groups excluding carboxylic acids is 1. The van der Waals surface area contributed by atoms with E-state index in [4.69, 9.17) is 9.47 Å². The highest BCUT2D eigenvalue weighted by Gasteiger charge is 2.23. The lowest BCUT2D eigenvalue weighted by Gasteiger charge is -2.21. The quantitative estimate of drug-likeness (QED) is 0.553. The molecular formula is C21H26O3. The molecular weight excluding hydrogens is 300 g/mol. The smallest absolute Gasteiger partial charge is 0.316 e. The standard InChI is InChI=1S/C21H26O3/c1-20(2,3)19(22)23-17-11-7-15(8-12-17)16-9-13-18(14-10-16)24-21(4,5)6/h7-14H,1-6H3. The summed E-state index contributed by atoms with van der Waals surface area (Å²) in [4.78, 5) is 11.9. The van der Waals surface area contributed by atoms with E-state index >= 15 is 0 Å². The summed E-state index contributed by atoms with van der Waals surface area (Å²) in [6, 6.07) is 15.5. The molecule has 3 nitrogen and oxygen atoms in total. The van der Waals surface area contributed by atoms with Crippen LogP contribution in [0.2, 0.25) is 0 Å². The molecule has 0 radical (unpaired) electrons. The predicted molar refractivity (Wildman–Crippen MR) is 97.3 cm³/mol. The number of ether oxygens (including phenoxy) is 2. The van der Waals surface area contributed by atoms with Crippen LogP contribution in [0.3, 0.4) is 0 Å². The molecule has 2 aromatic rings. The molecule has 0 N–H and O–H groups in total. The Morgan fingerprint density at radius 1 is 0.708 bits per heavy atom. The fourth-order valence-corrected chi connectivity index (χ4v) is 2.04. The Morgan fingerprint density at radius 2 is 1.12 bits per heavy atom. The number of esters is 1. The lowest BCUT2D eigenvalue weighted by Crippen LogP contribution is -2.25. The van der Waals surface area contributed by atoms with Gasteiger partial charge in [-0.3, -0.25) is 4.79 Å². The van der Waals surface area contributed by atoms with Gasteiger partial charge in [0.2, 0.25) is 0 Å². The van der Waals surface area contributed by atoms with Crippen molar-refractivity contribution in [3.05, 3.63) is 48.5 Å². The van der Waals surface area contributed by atoms with Crippen LogP contribution in [0.5, 0.6) is 11.5 Å². The molecule has 24 heavy (non-hydrogen) atoms. The van der Waals surface area contributed by atoms with Crippen molar-refractivity contribution < 1.29 is 14.3 Å². The normalized spacial score (nSPS) is 11.9. The van der Waals surface area contributed by atoms with Crippen LogP contribution in [0.25, 0.3) is 11.1 Å². The van der Waals surface area contributed by atoms with Crippen LogP contribution in [0.1, 0.15) is 41.5 Å². The highest BCUT2D eigenvalue weighted by Crippen LogP contribution is 2.27.